The van der Waals surface area contributed by atoms with Crippen molar-refractivity contribution < 1.29 is 0 Å². The van der Waals surface area contributed by atoms with Gasteiger partial charge in [0.25, 0.3) is 0 Å². The molecule has 20 heavy (non-hydrogen) atoms. The van der Waals surface area contributed by atoms with Gasteiger partial charge in [-0.3, -0.25) is 0 Å². The molecule has 4 nitrogen and oxygen atoms in total. The molecular formula is C15H20N4S. The van der Waals surface area contributed by atoms with Gasteiger partial charge in [-0.1, -0.05) is 6.92 Å². The van der Waals surface area contributed by atoms with Crippen LogP contribution in [-0.4, -0.2) is 21.5 Å². The van der Waals surface area contributed by atoms with Gasteiger partial charge in [-0.05, 0) is 45.2 Å². The summed E-state index contributed by atoms with van der Waals surface area (Å²) in [5.74, 6) is 0.802. The van der Waals surface area contributed by atoms with Crippen LogP contribution < -0.4 is 5.32 Å². The fraction of sp³-hybridized carbons (Fsp3) is 0.533. The van der Waals surface area contributed by atoms with E-state index in [0.29, 0.717) is 6.04 Å². The van der Waals surface area contributed by atoms with E-state index in [4.69, 9.17) is 4.98 Å². The van der Waals surface area contributed by atoms with E-state index >= 15 is 0 Å². The van der Waals surface area contributed by atoms with Crippen molar-refractivity contribution in [3.05, 3.63) is 28.7 Å². The highest BCUT2D eigenvalue weighted by atomic mass is 32.1. The van der Waals surface area contributed by atoms with Crippen molar-refractivity contribution in [1.29, 1.82) is 0 Å². The Morgan fingerprint density at radius 2 is 2.30 bits per heavy atom. The van der Waals surface area contributed by atoms with Crippen molar-refractivity contribution in [1.82, 2.24) is 20.3 Å². The molecule has 3 rings (SSSR count). The molecule has 1 N–H and O–H groups in total. The lowest BCUT2D eigenvalue weighted by Gasteiger charge is -2.22. The zero-order valence-electron chi connectivity index (χ0n) is 12.0. The first-order chi connectivity index (χ1) is 9.78. The summed E-state index contributed by atoms with van der Waals surface area (Å²) in [6, 6.07) is 2.43. The first-order valence-corrected chi connectivity index (χ1v) is 8.12. The minimum atomic E-state index is 0.480. The van der Waals surface area contributed by atoms with Crippen molar-refractivity contribution in [2.45, 2.75) is 45.6 Å². The molecule has 0 aromatic carbocycles. The minimum Gasteiger partial charge on any atom is -0.309 e. The predicted octanol–water partition coefficient (Wildman–Crippen LogP) is 3.29. The van der Waals surface area contributed by atoms with Gasteiger partial charge in [0.1, 0.15) is 16.5 Å². The van der Waals surface area contributed by atoms with Gasteiger partial charge in [0.15, 0.2) is 0 Å². The highest BCUT2D eigenvalue weighted by Crippen LogP contribution is 2.37. The molecule has 0 aliphatic heterocycles. The molecule has 0 fully saturated rings. The third kappa shape index (κ3) is 2.74. The van der Waals surface area contributed by atoms with Crippen LogP contribution in [0.3, 0.4) is 0 Å². The Kier molecular flexibility index (Phi) is 4.08. The van der Waals surface area contributed by atoms with Crippen molar-refractivity contribution in [2.24, 2.45) is 0 Å². The smallest absolute Gasteiger partial charge is 0.142 e. The summed E-state index contributed by atoms with van der Waals surface area (Å²) in [4.78, 5) is 14.9. The zero-order valence-corrected chi connectivity index (χ0v) is 12.8. The molecule has 2 aromatic heterocycles. The first-order valence-electron chi connectivity index (χ1n) is 7.31. The Bertz CT molecular complexity index is 593. The van der Waals surface area contributed by atoms with E-state index < -0.39 is 0 Å². The number of hydrogen-bond donors (Lipinski definition) is 1. The van der Waals surface area contributed by atoms with Crippen LogP contribution in [0.25, 0.3) is 10.7 Å². The predicted molar refractivity (Wildman–Crippen MR) is 81.8 cm³/mol. The number of hydrogen-bond acceptors (Lipinski definition) is 5. The van der Waals surface area contributed by atoms with Crippen LogP contribution in [0.4, 0.5) is 0 Å². The van der Waals surface area contributed by atoms with E-state index in [2.05, 4.69) is 22.2 Å². The average molecular weight is 288 g/mol. The molecular weight excluding hydrogens is 268 g/mol. The van der Waals surface area contributed by atoms with E-state index in [1.165, 1.54) is 29.8 Å². The number of nitrogens with zero attached hydrogens (tertiary/aromatic N) is 3. The molecule has 0 radical (unpaired) electrons. The van der Waals surface area contributed by atoms with Gasteiger partial charge in [0.2, 0.25) is 0 Å². The van der Waals surface area contributed by atoms with Gasteiger partial charge in [-0.2, -0.15) is 0 Å². The van der Waals surface area contributed by atoms with E-state index in [1.807, 2.05) is 19.2 Å². The van der Waals surface area contributed by atoms with Crippen LogP contribution in [0.2, 0.25) is 0 Å². The van der Waals surface area contributed by atoms with Crippen LogP contribution in [0.5, 0.6) is 0 Å². The van der Waals surface area contributed by atoms with Crippen molar-refractivity contribution in [3.63, 3.8) is 0 Å². The second-order valence-electron chi connectivity index (χ2n) is 5.22. The van der Waals surface area contributed by atoms with Crippen LogP contribution >= 0.6 is 11.3 Å². The van der Waals surface area contributed by atoms with Gasteiger partial charge < -0.3 is 5.32 Å². The third-order valence-electron chi connectivity index (χ3n) is 3.59. The number of thiazole rings is 1. The monoisotopic (exact) mass is 288 g/mol. The molecule has 1 unspecified atom stereocenters. The van der Waals surface area contributed by atoms with Gasteiger partial charge in [-0.15, -0.1) is 11.3 Å². The van der Waals surface area contributed by atoms with E-state index in [9.17, 15) is 0 Å². The van der Waals surface area contributed by atoms with E-state index in [0.717, 1.165) is 29.5 Å². The summed E-state index contributed by atoms with van der Waals surface area (Å²) in [7, 11) is 0. The summed E-state index contributed by atoms with van der Waals surface area (Å²) >= 11 is 1.79. The molecule has 0 amide bonds. The maximum absolute atomic E-state index is 4.81. The second-order valence-corrected chi connectivity index (χ2v) is 6.25. The molecule has 1 aliphatic rings. The van der Waals surface area contributed by atoms with E-state index in [-0.39, 0.29) is 0 Å². The lowest BCUT2D eigenvalue weighted by molar-refractivity contribution is 0.465. The lowest BCUT2D eigenvalue weighted by atomic mass is 9.98. The first kappa shape index (κ1) is 13.6. The molecule has 0 spiro atoms. The summed E-state index contributed by atoms with van der Waals surface area (Å²) in [6.45, 7) is 5.20. The molecule has 1 aliphatic carbocycles. The topological polar surface area (TPSA) is 50.7 Å². The van der Waals surface area contributed by atoms with Gasteiger partial charge >= 0.3 is 0 Å². The van der Waals surface area contributed by atoms with Crippen LogP contribution in [0.15, 0.2) is 12.3 Å². The number of rotatable bonds is 4. The minimum absolute atomic E-state index is 0.480. The molecule has 0 bridgehead atoms. The maximum Gasteiger partial charge on any atom is 0.142 e. The Labute approximate surface area is 123 Å². The Balaban J connectivity index is 1.91. The quantitative estimate of drug-likeness (QED) is 0.938. The summed E-state index contributed by atoms with van der Waals surface area (Å²) in [5, 5.41) is 4.67. The van der Waals surface area contributed by atoms with Crippen LogP contribution in [0.1, 0.15) is 48.6 Å². The van der Waals surface area contributed by atoms with Crippen molar-refractivity contribution in [3.8, 4) is 10.7 Å². The van der Waals surface area contributed by atoms with Gasteiger partial charge in [-0.25, -0.2) is 15.0 Å². The zero-order chi connectivity index (χ0) is 13.9. The summed E-state index contributed by atoms with van der Waals surface area (Å²) in [6.07, 6.45) is 6.52. The third-order valence-corrected chi connectivity index (χ3v) is 4.82. The molecule has 0 saturated carbocycles. The number of aryl methyl sites for hydroxylation is 2. The van der Waals surface area contributed by atoms with Gasteiger partial charge in [0.05, 0.1) is 5.69 Å². The lowest BCUT2D eigenvalue weighted by Crippen LogP contribution is -2.24. The Hall–Kier alpha value is -1.33. The van der Waals surface area contributed by atoms with Crippen LogP contribution in [0, 0.1) is 6.92 Å². The van der Waals surface area contributed by atoms with Crippen molar-refractivity contribution in [2.75, 3.05) is 6.54 Å². The number of nitrogens with one attached hydrogen (secondary N) is 1. The normalized spacial score (nSPS) is 18.0. The Morgan fingerprint density at radius 3 is 3.10 bits per heavy atom. The SMILES string of the molecule is CCCNC1CCCc2nc(-c3ccnc(C)n3)sc21. The molecule has 0 saturated heterocycles. The molecule has 5 heteroatoms. The Morgan fingerprint density at radius 1 is 1.40 bits per heavy atom. The molecule has 2 heterocycles. The highest BCUT2D eigenvalue weighted by Gasteiger charge is 2.24. The second kappa shape index (κ2) is 5.97. The van der Waals surface area contributed by atoms with Crippen LogP contribution in [-0.2, 0) is 6.42 Å². The fourth-order valence-corrected chi connectivity index (χ4v) is 3.81. The maximum atomic E-state index is 4.81. The highest BCUT2D eigenvalue weighted by molar-refractivity contribution is 7.15. The summed E-state index contributed by atoms with van der Waals surface area (Å²) in [5.41, 5.74) is 2.22. The number of aromatic nitrogens is 3. The molecule has 2 aromatic rings. The molecule has 1 atom stereocenters. The van der Waals surface area contributed by atoms with E-state index in [1.54, 1.807) is 11.3 Å². The largest absolute Gasteiger partial charge is 0.309 e. The average Bonchev–Trinajstić information content (AvgIpc) is 2.89. The standard InChI is InChI=1S/C15H20N4S/c1-3-8-17-11-5-4-6-12-14(11)20-15(19-12)13-7-9-16-10(2)18-13/h7,9,11,17H,3-6,8H2,1-2H3. The van der Waals surface area contributed by atoms with Crippen molar-refractivity contribution >= 4 is 11.3 Å². The number of fused-ring (bicyclic) bond motifs is 1. The summed E-state index contributed by atoms with van der Waals surface area (Å²) < 4.78 is 0. The molecule has 106 valence electrons. The fourth-order valence-electron chi connectivity index (χ4n) is 2.62. The van der Waals surface area contributed by atoms with Gasteiger partial charge in [0, 0.05) is 17.1 Å².